The molecule has 0 radical (unpaired) electrons. The zero-order valence-corrected chi connectivity index (χ0v) is 12.5. The van der Waals surface area contributed by atoms with E-state index in [1.807, 2.05) is 0 Å². The van der Waals surface area contributed by atoms with E-state index in [1.165, 1.54) is 64.2 Å². The molecule has 0 bridgehead atoms. The van der Waals surface area contributed by atoms with Crippen LogP contribution in [-0.4, -0.2) is 5.78 Å². The van der Waals surface area contributed by atoms with Crippen molar-refractivity contribution in [3.8, 4) is 0 Å². The van der Waals surface area contributed by atoms with Crippen molar-refractivity contribution >= 4 is 5.78 Å². The van der Waals surface area contributed by atoms with Crippen LogP contribution in [0.15, 0.2) is 0 Å². The molecule has 1 atom stereocenters. The molecule has 1 aliphatic rings. The van der Waals surface area contributed by atoms with Crippen LogP contribution in [0.25, 0.3) is 0 Å². The van der Waals surface area contributed by atoms with Crippen molar-refractivity contribution < 1.29 is 4.79 Å². The second kappa shape index (κ2) is 9.58. The normalized spacial score (nSPS) is 18.8. The molecule has 1 saturated carbocycles. The molecule has 1 rings (SSSR count). The average Bonchev–Trinajstić information content (AvgIpc) is 2.43. The van der Waals surface area contributed by atoms with Gasteiger partial charge in [0.2, 0.25) is 0 Å². The van der Waals surface area contributed by atoms with Crippen molar-refractivity contribution in [3.05, 3.63) is 0 Å². The molecule has 1 fully saturated rings. The van der Waals surface area contributed by atoms with Gasteiger partial charge in [0.15, 0.2) is 0 Å². The number of carbonyl (C=O) groups is 1. The third kappa shape index (κ3) is 5.54. The van der Waals surface area contributed by atoms with E-state index in [0.717, 1.165) is 12.8 Å². The van der Waals surface area contributed by atoms with Gasteiger partial charge in [-0.25, -0.2) is 0 Å². The maximum atomic E-state index is 12.6. The monoisotopic (exact) mass is 252 g/mol. The van der Waals surface area contributed by atoms with Crippen LogP contribution in [0, 0.1) is 11.8 Å². The van der Waals surface area contributed by atoms with Gasteiger partial charge in [0.25, 0.3) is 0 Å². The molecular formula is C17H32O. The van der Waals surface area contributed by atoms with Gasteiger partial charge in [0.05, 0.1) is 0 Å². The minimum atomic E-state index is 0.389. The number of unbranched alkanes of at least 4 members (excludes halogenated alkanes) is 3. The van der Waals surface area contributed by atoms with Crippen LogP contribution in [-0.2, 0) is 4.79 Å². The van der Waals surface area contributed by atoms with Gasteiger partial charge in [-0.1, -0.05) is 65.2 Å². The first-order chi connectivity index (χ1) is 8.79. The van der Waals surface area contributed by atoms with Crippen molar-refractivity contribution in [1.29, 1.82) is 0 Å². The van der Waals surface area contributed by atoms with Crippen LogP contribution < -0.4 is 0 Å². The van der Waals surface area contributed by atoms with Crippen LogP contribution in [0.3, 0.4) is 0 Å². The Morgan fingerprint density at radius 2 is 1.56 bits per heavy atom. The fourth-order valence-corrected chi connectivity index (χ4v) is 3.24. The number of ketones is 1. The third-order valence-corrected chi connectivity index (χ3v) is 4.47. The van der Waals surface area contributed by atoms with Crippen LogP contribution in [0.4, 0.5) is 0 Å². The highest BCUT2D eigenvalue weighted by Crippen LogP contribution is 2.30. The van der Waals surface area contributed by atoms with Gasteiger partial charge < -0.3 is 0 Å². The molecule has 106 valence electrons. The molecule has 0 aromatic heterocycles. The van der Waals surface area contributed by atoms with Crippen molar-refractivity contribution in [2.24, 2.45) is 11.8 Å². The largest absolute Gasteiger partial charge is 0.299 e. The van der Waals surface area contributed by atoms with Gasteiger partial charge >= 0.3 is 0 Å². The second-order valence-electron chi connectivity index (χ2n) is 6.07. The SMILES string of the molecule is CCCCCC(CCCC)C(=O)C1CCCCC1. The van der Waals surface area contributed by atoms with E-state index in [9.17, 15) is 4.79 Å². The molecule has 1 unspecified atom stereocenters. The molecule has 1 aliphatic carbocycles. The van der Waals surface area contributed by atoms with Crippen molar-refractivity contribution in [2.75, 3.05) is 0 Å². The molecule has 0 amide bonds. The van der Waals surface area contributed by atoms with Gasteiger partial charge in [-0.2, -0.15) is 0 Å². The van der Waals surface area contributed by atoms with E-state index in [2.05, 4.69) is 13.8 Å². The molecule has 18 heavy (non-hydrogen) atoms. The van der Waals surface area contributed by atoms with Crippen LogP contribution >= 0.6 is 0 Å². The number of carbonyl (C=O) groups excluding carboxylic acids is 1. The first kappa shape index (κ1) is 15.7. The summed E-state index contributed by atoms with van der Waals surface area (Å²) in [5, 5.41) is 0. The topological polar surface area (TPSA) is 17.1 Å². The summed E-state index contributed by atoms with van der Waals surface area (Å²) in [6.45, 7) is 4.47. The summed E-state index contributed by atoms with van der Waals surface area (Å²) in [4.78, 5) is 12.6. The Kier molecular flexibility index (Phi) is 8.37. The Hall–Kier alpha value is -0.330. The zero-order valence-electron chi connectivity index (χ0n) is 12.5. The minimum Gasteiger partial charge on any atom is -0.299 e. The molecule has 0 aromatic carbocycles. The number of hydrogen-bond acceptors (Lipinski definition) is 1. The average molecular weight is 252 g/mol. The first-order valence-corrected chi connectivity index (χ1v) is 8.33. The summed E-state index contributed by atoms with van der Waals surface area (Å²) < 4.78 is 0. The Balaban J connectivity index is 2.42. The van der Waals surface area contributed by atoms with E-state index in [0.29, 0.717) is 17.6 Å². The van der Waals surface area contributed by atoms with E-state index >= 15 is 0 Å². The molecule has 1 nitrogen and oxygen atoms in total. The maximum absolute atomic E-state index is 12.6. The van der Waals surface area contributed by atoms with Crippen molar-refractivity contribution in [2.45, 2.75) is 90.9 Å². The van der Waals surface area contributed by atoms with Crippen LogP contribution in [0.2, 0.25) is 0 Å². The van der Waals surface area contributed by atoms with E-state index in [1.54, 1.807) is 0 Å². The summed E-state index contributed by atoms with van der Waals surface area (Å²) in [7, 11) is 0. The molecule has 0 aromatic rings. The summed E-state index contributed by atoms with van der Waals surface area (Å²) in [5.41, 5.74) is 0. The fraction of sp³-hybridized carbons (Fsp3) is 0.941. The number of hydrogen-bond donors (Lipinski definition) is 0. The Labute approximate surface area is 114 Å². The molecular weight excluding hydrogens is 220 g/mol. The lowest BCUT2D eigenvalue weighted by atomic mass is 9.78. The predicted molar refractivity (Wildman–Crippen MR) is 78.7 cm³/mol. The highest BCUT2D eigenvalue weighted by atomic mass is 16.1. The Bertz CT molecular complexity index is 216. The highest BCUT2D eigenvalue weighted by Gasteiger charge is 2.27. The fourth-order valence-electron chi connectivity index (χ4n) is 3.24. The van der Waals surface area contributed by atoms with Crippen molar-refractivity contribution in [3.63, 3.8) is 0 Å². The van der Waals surface area contributed by atoms with Gasteiger partial charge in [-0.3, -0.25) is 4.79 Å². The predicted octanol–water partition coefficient (Wildman–Crippen LogP) is 5.52. The van der Waals surface area contributed by atoms with Crippen LogP contribution in [0.5, 0.6) is 0 Å². The van der Waals surface area contributed by atoms with E-state index in [4.69, 9.17) is 0 Å². The maximum Gasteiger partial charge on any atom is 0.139 e. The van der Waals surface area contributed by atoms with Crippen molar-refractivity contribution in [1.82, 2.24) is 0 Å². The van der Waals surface area contributed by atoms with E-state index in [-0.39, 0.29) is 0 Å². The Morgan fingerprint density at radius 3 is 2.17 bits per heavy atom. The first-order valence-electron chi connectivity index (χ1n) is 8.33. The summed E-state index contributed by atoms with van der Waals surface area (Å²) in [6, 6.07) is 0. The summed E-state index contributed by atoms with van der Waals surface area (Å²) >= 11 is 0. The molecule has 0 heterocycles. The Morgan fingerprint density at radius 1 is 0.944 bits per heavy atom. The smallest absolute Gasteiger partial charge is 0.139 e. The third-order valence-electron chi connectivity index (χ3n) is 4.47. The molecule has 0 saturated heterocycles. The zero-order chi connectivity index (χ0) is 13.2. The second-order valence-corrected chi connectivity index (χ2v) is 6.07. The number of Topliss-reactive ketones (excluding diaryl/α,β-unsaturated/α-hetero) is 1. The molecule has 0 N–H and O–H groups in total. The van der Waals surface area contributed by atoms with Crippen LogP contribution in [0.1, 0.15) is 90.9 Å². The molecule has 0 aliphatic heterocycles. The molecule has 1 heteroatoms. The highest BCUT2D eigenvalue weighted by molar-refractivity contribution is 5.83. The van der Waals surface area contributed by atoms with Gasteiger partial charge in [0, 0.05) is 11.8 Å². The lowest BCUT2D eigenvalue weighted by Gasteiger charge is -2.25. The van der Waals surface area contributed by atoms with Gasteiger partial charge in [0.1, 0.15) is 5.78 Å². The van der Waals surface area contributed by atoms with E-state index < -0.39 is 0 Å². The summed E-state index contributed by atoms with van der Waals surface area (Å²) in [6.07, 6.45) is 14.8. The van der Waals surface area contributed by atoms with Gasteiger partial charge in [-0.05, 0) is 25.7 Å². The quantitative estimate of drug-likeness (QED) is 0.494. The lowest BCUT2D eigenvalue weighted by molar-refractivity contribution is -0.128. The molecule has 0 spiro atoms. The van der Waals surface area contributed by atoms with Gasteiger partial charge in [-0.15, -0.1) is 0 Å². The standard InChI is InChI=1S/C17H32O/c1-3-5-8-12-15(11-6-4-2)17(18)16-13-9-7-10-14-16/h15-16H,3-14H2,1-2H3. The number of rotatable bonds is 9. The lowest BCUT2D eigenvalue weighted by Crippen LogP contribution is -2.25. The summed E-state index contributed by atoms with van der Waals surface area (Å²) in [5.74, 6) is 1.43. The minimum absolute atomic E-state index is 0.389.